The third-order valence-corrected chi connectivity index (χ3v) is 6.17. The first-order chi connectivity index (χ1) is 15.0. The maximum atomic E-state index is 13.2. The van der Waals surface area contributed by atoms with Crippen LogP contribution in [0, 0.1) is 0 Å². The van der Waals surface area contributed by atoms with Gasteiger partial charge in [0.05, 0.1) is 41.3 Å². The Kier molecular flexibility index (Phi) is 7.79. The van der Waals surface area contributed by atoms with Crippen LogP contribution in [0.5, 0.6) is 0 Å². The lowest BCUT2D eigenvalue weighted by Crippen LogP contribution is -3.07. The molecule has 0 radical (unpaired) electrons. The van der Waals surface area contributed by atoms with Crippen LogP contribution in [0.2, 0.25) is 0 Å². The van der Waals surface area contributed by atoms with Gasteiger partial charge in [0, 0.05) is 0 Å². The highest BCUT2D eigenvalue weighted by Gasteiger charge is 2.57. The minimum Gasteiger partial charge on any atom is -0.385 e. The van der Waals surface area contributed by atoms with Gasteiger partial charge in [-0.1, -0.05) is 0 Å². The van der Waals surface area contributed by atoms with Crippen molar-refractivity contribution in [2.45, 2.75) is 51.0 Å². The van der Waals surface area contributed by atoms with Gasteiger partial charge in [-0.2, -0.15) is 0 Å². The molecule has 0 aliphatic carbocycles. The van der Waals surface area contributed by atoms with E-state index in [1.54, 1.807) is 27.7 Å². The van der Waals surface area contributed by atoms with E-state index in [0.29, 0.717) is 13.1 Å². The zero-order chi connectivity index (χ0) is 25.5. The number of aliphatic hydroxyl groups excluding tert-OH is 2. The number of carbonyl (C=O) groups is 4. The van der Waals surface area contributed by atoms with Crippen LogP contribution in [0.25, 0.3) is 0 Å². The van der Waals surface area contributed by atoms with E-state index in [2.05, 4.69) is 0 Å². The first-order valence-electron chi connectivity index (χ1n) is 11.2. The summed E-state index contributed by atoms with van der Waals surface area (Å²) in [6.07, 6.45) is -1.78. The number of nitrogens with zero attached hydrogens (tertiary/aromatic N) is 4. The van der Waals surface area contributed by atoms with Crippen molar-refractivity contribution < 1.29 is 39.2 Å². The number of likely N-dealkylation sites (N-methyl/N-ethyl adjacent to an activating group) is 2. The summed E-state index contributed by atoms with van der Waals surface area (Å²) in [5.74, 6) is -0.949. The Morgan fingerprint density at radius 2 is 1.00 bits per heavy atom. The van der Waals surface area contributed by atoms with Crippen LogP contribution in [-0.2, 0) is 9.59 Å². The molecule has 0 aromatic rings. The molecular formula is C21H40N6O6+2. The highest BCUT2D eigenvalue weighted by molar-refractivity contribution is 6.08. The molecule has 33 heavy (non-hydrogen) atoms. The molecule has 2 saturated heterocycles. The van der Waals surface area contributed by atoms with Crippen LogP contribution in [0.1, 0.15) is 27.7 Å². The topological polar surface area (TPSA) is 131 Å². The van der Waals surface area contributed by atoms with Gasteiger partial charge in [-0.05, 0) is 27.7 Å². The molecule has 2 rings (SSSR count). The summed E-state index contributed by atoms with van der Waals surface area (Å²) in [5, 5.41) is 20.5. The van der Waals surface area contributed by atoms with Crippen molar-refractivity contribution in [2.24, 2.45) is 0 Å². The average Bonchev–Trinajstić information content (AvgIpc) is 2.91. The number of imide groups is 2. The van der Waals surface area contributed by atoms with Crippen LogP contribution >= 0.6 is 0 Å². The van der Waals surface area contributed by atoms with Gasteiger partial charge in [-0.25, -0.2) is 9.59 Å². The Bertz CT molecular complexity index is 734. The van der Waals surface area contributed by atoms with E-state index in [0.717, 1.165) is 19.6 Å². The predicted octanol–water partition coefficient (Wildman–Crippen LogP) is -3.96. The standard InChI is InChI=1S/C21H38N6O6/c1-20(2)16(30)24(11-14(28)9-22(5)6)18(32)26(20)13-27-19(33)25(17(31)21(27,3)4)12-15(29)10-23(7)8/h14-15,28-29H,9-13H2,1-8H3/p+2/t14-,15-/m1/s1. The number of aliphatic hydroxyl groups is 2. The van der Waals surface area contributed by atoms with Gasteiger partial charge in [-0.3, -0.25) is 29.2 Å². The van der Waals surface area contributed by atoms with Crippen LogP contribution in [0.4, 0.5) is 9.59 Å². The van der Waals surface area contributed by atoms with Gasteiger partial charge in [0.25, 0.3) is 11.8 Å². The lowest BCUT2D eigenvalue weighted by atomic mass is 10.0. The zero-order valence-corrected chi connectivity index (χ0v) is 21.0. The number of carbonyl (C=O) groups excluding carboxylic acids is 4. The third-order valence-electron chi connectivity index (χ3n) is 6.17. The Morgan fingerprint density at radius 3 is 1.27 bits per heavy atom. The van der Waals surface area contributed by atoms with E-state index in [-0.39, 0.29) is 19.8 Å². The second-order valence-electron chi connectivity index (χ2n) is 10.6. The van der Waals surface area contributed by atoms with Crippen LogP contribution in [0.15, 0.2) is 0 Å². The molecule has 188 valence electrons. The number of hydrogen-bond donors (Lipinski definition) is 4. The predicted molar refractivity (Wildman–Crippen MR) is 118 cm³/mol. The maximum absolute atomic E-state index is 13.2. The van der Waals surface area contributed by atoms with Crippen molar-refractivity contribution in [1.29, 1.82) is 0 Å². The minimum absolute atomic E-state index is 0.149. The third kappa shape index (κ3) is 5.29. The summed E-state index contributed by atoms with van der Waals surface area (Å²) in [5.41, 5.74) is -2.52. The van der Waals surface area contributed by atoms with Crippen molar-refractivity contribution in [1.82, 2.24) is 19.6 Å². The van der Waals surface area contributed by atoms with Crippen molar-refractivity contribution in [2.75, 3.05) is 61.0 Å². The highest BCUT2D eigenvalue weighted by atomic mass is 16.3. The number of quaternary nitrogens is 2. The lowest BCUT2D eigenvalue weighted by Gasteiger charge is -2.36. The summed E-state index contributed by atoms with van der Waals surface area (Å²) in [6.45, 7) is 6.45. The van der Waals surface area contributed by atoms with Crippen LogP contribution < -0.4 is 9.80 Å². The average molecular weight is 473 g/mol. The van der Waals surface area contributed by atoms with Crippen molar-refractivity contribution in [3.8, 4) is 0 Å². The number of amides is 6. The van der Waals surface area contributed by atoms with Crippen molar-refractivity contribution in [3.05, 3.63) is 0 Å². The summed E-state index contributed by atoms with van der Waals surface area (Å²) < 4.78 is 0. The molecule has 2 aliphatic heterocycles. The Labute approximate surface area is 195 Å². The lowest BCUT2D eigenvalue weighted by molar-refractivity contribution is -0.861. The van der Waals surface area contributed by atoms with E-state index in [4.69, 9.17) is 0 Å². The zero-order valence-electron chi connectivity index (χ0n) is 21.0. The fourth-order valence-electron chi connectivity index (χ4n) is 4.27. The molecule has 0 unspecified atom stereocenters. The summed E-state index contributed by atoms with van der Waals surface area (Å²) in [4.78, 5) is 58.7. The number of β-amino-alcohol motifs (C(OH)–C–C–N with tert-alkyl or cyclic N) is 2. The molecular weight excluding hydrogens is 432 g/mol. The second kappa shape index (κ2) is 9.53. The van der Waals surface area contributed by atoms with Crippen molar-refractivity contribution in [3.63, 3.8) is 0 Å². The molecule has 0 saturated carbocycles. The summed E-state index contributed by atoms with van der Waals surface area (Å²) in [6, 6.07) is -1.24. The maximum Gasteiger partial charge on any atom is 0.329 e. The summed E-state index contributed by atoms with van der Waals surface area (Å²) in [7, 11) is 7.42. The molecule has 0 spiro atoms. The summed E-state index contributed by atoms with van der Waals surface area (Å²) >= 11 is 0. The molecule has 12 nitrogen and oxygen atoms in total. The quantitative estimate of drug-likeness (QED) is 0.240. The molecule has 2 fully saturated rings. The second-order valence-corrected chi connectivity index (χ2v) is 10.6. The monoisotopic (exact) mass is 472 g/mol. The fraction of sp³-hybridized carbons (Fsp3) is 0.810. The molecule has 2 aliphatic rings. The molecule has 6 amide bonds. The van der Waals surface area contributed by atoms with Gasteiger partial charge in [-0.15, -0.1) is 0 Å². The van der Waals surface area contributed by atoms with E-state index < -0.39 is 47.2 Å². The Hall–Kier alpha value is -2.28. The largest absolute Gasteiger partial charge is 0.385 e. The first kappa shape index (κ1) is 27.0. The Balaban J connectivity index is 2.23. The minimum atomic E-state index is -1.26. The molecule has 12 heteroatoms. The molecule has 2 heterocycles. The molecule has 0 aromatic carbocycles. The van der Waals surface area contributed by atoms with Gasteiger partial charge < -0.3 is 20.0 Å². The number of urea groups is 2. The fourth-order valence-corrected chi connectivity index (χ4v) is 4.27. The Morgan fingerprint density at radius 1 is 0.697 bits per heavy atom. The van der Waals surface area contributed by atoms with Gasteiger partial charge in [0.15, 0.2) is 0 Å². The first-order valence-corrected chi connectivity index (χ1v) is 11.2. The molecule has 4 N–H and O–H groups in total. The SMILES string of the molecule is C[NH+](C)C[C@@H](O)CN1C(=O)N(CN2C(=O)N(C[C@H](O)C[NH+](C)C)C(=O)C2(C)C)C(C)(C)C1=O. The van der Waals surface area contributed by atoms with Gasteiger partial charge in [0.2, 0.25) is 0 Å². The normalized spacial score (nSPS) is 22.4. The van der Waals surface area contributed by atoms with Gasteiger partial charge in [0.1, 0.15) is 43.0 Å². The van der Waals surface area contributed by atoms with E-state index >= 15 is 0 Å². The number of rotatable bonds is 10. The van der Waals surface area contributed by atoms with E-state index in [1.165, 1.54) is 9.80 Å². The van der Waals surface area contributed by atoms with E-state index in [9.17, 15) is 29.4 Å². The van der Waals surface area contributed by atoms with Crippen LogP contribution in [-0.4, -0.2) is 138 Å². The molecule has 0 bridgehead atoms. The number of nitrogens with one attached hydrogen (secondary N) is 2. The number of hydrogen-bond acceptors (Lipinski definition) is 6. The smallest absolute Gasteiger partial charge is 0.329 e. The molecule has 0 aromatic heterocycles. The highest BCUT2D eigenvalue weighted by Crippen LogP contribution is 2.33. The van der Waals surface area contributed by atoms with Gasteiger partial charge >= 0.3 is 12.1 Å². The molecule has 2 atom stereocenters. The van der Waals surface area contributed by atoms with E-state index in [1.807, 2.05) is 28.2 Å². The van der Waals surface area contributed by atoms with Crippen LogP contribution in [0.3, 0.4) is 0 Å². The van der Waals surface area contributed by atoms with Crippen molar-refractivity contribution >= 4 is 23.9 Å².